The first-order valence-electron chi connectivity index (χ1n) is 6.26. The van der Waals surface area contributed by atoms with Gasteiger partial charge < -0.3 is 4.74 Å². The van der Waals surface area contributed by atoms with Crippen LogP contribution in [0, 0.1) is 5.41 Å². The van der Waals surface area contributed by atoms with Gasteiger partial charge in [-0.1, -0.05) is 12.8 Å². The first-order chi connectivity index (χ1) is 7.94. The van der Waals surface area contributed by atoms with Gasteiger partial charge in [0.1, 0.15) is 0 Å². The van der Waals surface area contributed by atoms with Gasteiger partial charge >= 0.3 is 6.18 Å². The summed E-state index contributed by atoms with van der Waals surface area (Å²) in [7, 11) is 0. The maximum Gasteiger partial charge on any atom is 0.389 e. The average molecular weight is 271 g/mol. The van der Waals surface area contributed by atoms with E-state index in [-0.39, 0.29) is 29.9 Å². The maximum absolute atomic E-state index is 12.0. The molecule has 100 valence electrons. The van der Waals surface area contributed by atoms with Gasteiger partial charge in [-0.05, 0) is 25.7 Å². The molecule has 2 rings (SSSR count). The third-order valence-electron chi connectivity index (χ3n) is 4.14. The van der Waals surface area contributed by atoms with Crippen molar-refractivity contribution in [2.75, 3.05) is 6.61 Å². The Morgan fingerprint density at radius 2 is 1.88 bits per heavy atom. The van der Waals surface area contributed by atoms with E-state index in [1.54, 1.807) is 0 Å². The Labute approximate surface area is 105 Å². The molecule has 2 saturated carbocycles. The van der Waals surface area contributed by atoms with Crippen LogP contribution in [0.25, 0.3) is 0 Å². The van der Waals surface area contributed by atoms with Crippen molar-refractivity contribution in [1.82, 2.24) is 0 Å². The third kappa shape index (κ3) is 2.90. The Kier molecular flexibility index (Phi) is 3.93. The fourth-order valence-corrected chi connectivity index (χ4v) is 3.62. The van der Waals surface area contributed by atoms with Crippen molar-refractivity contribution in [3.8, 4) is 0 Å². The Balaban J connectivity index is 1.70. The molecule has 0 aromatic carbocycles. The molecular formula is C12H18ClF3O. The van der Waals surface area contributed by atoms with Crippen molar-refractivity contribution in [2.45, 2.75) is 62.6 Å². The van der Waals surface area contributed by atoms with E-state index in [1.807, 2.05) is 0 Å². The molecular weight excluding hydrogens is 253 g/mol. The summed E-state index contributed by atoms with van der Waals surface area (Å²) in [5.41, 5.74) is 0.0831. The van der Waals surface area contributed by atoms with Crippen molar-refractivity contribution in [1.29, 1.82) is 0 Å². The van der Waals surface area contributed by atoms with E-state index in [0.717, 1.165) is 19.3 Å². The SMILES string of the molecule is FC(F)(F)CCCOC1CC(Cl)C12CCCC2. The fraction of sp³-hybridized carbons (Fsp3) is 1.00. The second kappa shape index (κ2) is 4.96. The van der Waals surface area contributed by atoms with Crippen LogP contribution in [0.15, 0.2) is 0 Å². The van der Waals surface area contributed by atoms with Crippen LogP contribution < -0.4 is 0 Å². The molecule has 0 aliphatic heterocycles. The third-order valence-corrected chi connectivity index (χ3v) is 4.76. The Morgan fingerprint density at radius 3 is 2.41 bits per heavy atom. The van der Waals surface area contributed by atoms with Crippen LogP contribution >= 0.6 is 11.6 Å². The number of hydrogen-bond acceptors (Lipinski definition) is 1. The standard InChI is InChI=1S/C12H18ClF3O/c13-9-8-10(11(9)4-1-2-5-11)17-7-3-6-12(14,15)16/h9-10H,1-8H2. The highest BCUT2D eigenvalue weighted by Gasteiger charge is 2.55. The van der Waals surface area contributed by atoms with Crippen molar-refractivity contribution < 1.29 is 17.9 Å². The van der Waals surface area contributed by atoms with Gasteiger partial charge in [-0.3, -0.25) is 0 Å². The van der Waals surface area contributed by atoms with Gasteiger partial charge in [0.05, 0.1) is 6.10 Å². The highest BCUT2D eigenvalue weighted by molar-refractivity contribution is 6.21. The minimum Gasteiger partial charge on any atom is -0.378 e. The summed E-state index contributed by atoms with van der Waals surface area (Å²) in [6, 6.07) is 0. The van der Waals surface area contributed by atoms with Crippen LogP contribution in [0.5, 0.6) is 0 Å². The molecule has 2 aliphatic carbocycles. The molecule has 0 bridgehead atoms. The van der Waals surface area contributed by atoms with E-state index in [4.69, 9.17) is 16.3 Å². The minimum atomic E-state index is -4.07. The minimum absolute atomic E-state index is 0.0586. The lowest BCUT2D eigenvalue weighted by atomic mass is 9.64. The van der Waals surface area contributed by atoms with Crippen LogP contribution in [0.4, 0.5) is 13.2 Å². The van der Waals surface area contributed by atoms with Crippen molar-refractivity contribution in [3.05, 3.63) is 0 Å². The molecule has 0 N–H and O–H groups in total. The monoisotopic (exact) mass is 270 g/mol. The summed E-state index contributed by atoms with van der Waals surface area (Å²) in [5, 5.41) is 0.164. The van der Waals surface area contributed by atoms with E-state index in [0.29, 0.717) is 0 Å². The van der Waals surface area contributed by atoms with Crippen molar-refractivity contribution in [3.63, 3.8) is 0 Å². The predicted octanol–water partition coefficient (Wildman–Crippen LogP) is 4.29. The van der Waals surface area contributed by atoms with Gasteiger partial charge in [0, 0.05) is 23.8 Å². The number of hydrogen-bond donors (Lipinski definition) is 0. The zero-order valence-corrected chi connectivity index (χ0v) is 10.5. The molecule has 1 nitrogen and oxygen atoms in total. The highest BCUT2D eigenvalue weighted by atomic mass is 35.5. The molecule has 2 aliphatic rings. The quantitative estimate of drug-likeness (QED) is 0.547. The van der Waals surface area contributed by atoms with E-state index in [9.17, 15) is 13.2 Å². The molecule has 17 heavy (non-hydrogen) atoms. The highest BCUT2D eigenvalue weighted by Crippen LogP contribution is 2.57. The second-order valence-electron chi connectivity index (χ2n) is 5.22. The zero-order chi connectivity index (χ0) is 12.5. The van der Waals surface area contributed by atoms with Crippen molar-refractivity contribution in [2.24, 2.45) is 5.41 Å². The van der Waals surface area contributed by atoms with Crippen LogP contribution in [-0.2, 0) is 4.74 Å². The lowest BCUT2D eigenvalue weighted by Crippen LogP contribution is -2.54. The molecule has 1 spiro atoms. The van der Waals surface area contributed by atoms with Crippen LogP contribution in [0.1, 0.15) is 44.9 Å². The number of halogens is 4. The maximum atomic E-state index is 12.0. The molecule has 0 aromatic heterocycles. The molecule has 0 aromatic rings. The van der Waals surface area contributed by atoms with E-state index >= 15 is 0 Å². The molecule has 0 saturated heterocycles. The largest absolute Gasteiger partial charge is 0.389 e. The Morgan fingerprint density at radius 1 is 1.24 bits per heavy atom. The Hall–Kier alpha value is 0.0400. The van der Waals surface area contributed by atoms with Crippen LogP contribution in [0.3, 0.4) is 0 Å². The predicted molar refractivity (Wildman–Crippen MR) is 60.2 cm³/mol. The molecule has 2 fully saturated rings. The summed E-state index contributed by atoms with van der Waals surface area (Å²) in [4.78, 5) is 0. The summed E-state index contributed by atoms with van der Waals surface area (Å²) < 4.78 is 41.5. The summed E-state index contributed by atoms with van der Waals surface area (Å²) >= 11 is 6.23. The molecule has 0 radical (unpaired) electrons. The van der Waals surface area contributed by atoms with Gasteiger partial charge in [0.25, 0.3) is 0 Å². The van der Waals surface area contributed by atoms with Crippen LogP contribution in [0.2, 0.25) is 0 Å². The van der Waals surface area contributed by atoms with E-state index in [2.05, 4.69) is 0 Å². The lowest BCUT2D eigenvalue weighted by molar-refractivity contribution is -0.146. The topological polar surface area (TPSA) is 9.23 Å². The molecule has 0 heterocycles. The summed E-state index contributed by atoms with van der Waals surface area (Å²) in [6.45, 7) is 0.204. The molecule has 2 unspecified atom stereocenters. The molecule has 0 amide bonds. The van der Waals surface area contributed by atoms with Gasteiger partial charge in [0.15, 0.2) is 0 Å². The summed E-state index contributed by atoms with van der Waals surface area (Å²) in [5.74, 6) is 0. The molecule has 2 atom stereocenters. The number of rotatable bonds is 4. The van der Waals surface area contributed by atoms with Crippen LogP contribution in [-0.4, -0.2) is 24.3 Å². The average Bonchev–Trinajstić information content (AvgIpc) is 2.72. The van der Waals surface area contributed by atoms with Crippen molar-refractivity contribution >= 4 is 11.6 Å². The Bertz CT molecular complexity index is 261. The fourth-order valence-electron chi connectivity index (χ4n) is 3.10. The summed E-state index contributed by atoms with van der Waals surface area (Å²) in [6.07, 6.45) is 0.630. The normalized spacial score (nSPS) is 31.8. The lowest BCUT2D eigenvalue weighted by Gasteiger charge is -2.51. The molecule has 5 heteroatoms. The van der Waals surface area contributed by atoms with Gasteiger partial charge in [-0.2, -0.15) is 13.2 Å². The van der Waals surface area contributed by atoms with Gasteiger partial charge in [-0.15, -0.1) is 11.6 Å². The number of alkyl halides is 4. The first-order valence-corrected chi connectivity index (χ1v) is 6.70. The number of ether oxygens (including phenoxy) is 1. The smallest absolute Gasteiger partial charge is 0.378 e. The van der Waals surface area contributed by atoms with E-state index in [1.165, 1.54) is 12.8 Å². The van der Waals surface area contributed by atoms with Gasteiger partial charge in [-0.25, -0.2) is 0 Å². The van der Waals surface area contributed by atoms with Gasteiger partial charge in [0.2, 0.25) is 0 Å². The van der Waals surface area contributed by atoms with E-state index < -0.39 is 12.6 Å². The second-order valence-corrected chi connectivity index (χ2v) is 5.75. The first kappa shape index (κ1) is 13.5. The zero-order valence-electron chi connectivity index (χ0n) is 9.73.